The lowest BCUT2D eigenvalue weighted by molar-refractivity contribution is -0.785. The molecule has 1 heterocycles. The molecular formula is C28H30ClN2O6S+. The summed E-state index contributed by atoms with van der Waals surface area (Å²) in [4.78, 5) is 37.6. The van der Waals surface area contributed by atoms with Crippen LogP contribution in [0.2, 0.25) is 5.02 Å². The molecule has 0 spiro atoms. The van der Waals surface area contributed by atoms with E-state index in [1.54, 1.807) is 42.5 Å². The molecule has 0 aromatic heterocycles. The highest BCUT2D eigenvalue weighted by atomic mass is 35.5. The van der Waals surface area contributed by atoms with Crippen LogP contribution in [-0.4, -0.2) is 62.6 Å². The molecule has 38 heavy (non-hydrogen) atoms. The monoisotopic (exact) mass is 557 g/mol. The summed E-state index contributed by atoms with van der Waals surface area (Å²) >= 11 is 6.00. The van der Waals surface area contributed by atoms with Crippen molar-refractivity contribution in [2.45, 2.75) is 30.6 Å². The van der Waals surface area contributed by atoms with E-state index in [0.717, 1.165) is 21.5 Å². The lowest BCUT2D eigenvalue weighted by Crippen LogP contribution is -3.00. The Kier molecular flexibility index (Phi) is 8.04. The summed E-state index contributed by atoms with van der Waals surface area (Å²) in [5, 5.41) is 11.1. The molecule has 1 fully saturated rings. The third kappa shape index (κ3) is 5.51. The Balaban J connectivity index is 1.65. The second-order valence-electron chi connectivity index (χ2n) is 9.97. The van der Waals surface area contributed by atoms with E-state index in [-0.39, 0.29) is 37.2 Å². The van der Waals surface area contributed by atoms with Gasteiger partial charge >= 0.3 is 5.97 Å². The van der Waals surface area contributed by atoms with Gasteiger partial charge in [-0.2, -0.15) is 4.31 Å². The molecule has 3 aromatic carbocycles. The van der Waals surface area contributed by atoms with Crippen LogP contribution in [0.1, 0.15) is 24.8 Å². The number of halogens is 1. The van der Waals surface area contributed by atoms with Crippen molar-refractivity contribution in [1.29, 1.82) is 0 Å². The highest BCUT2D eigenvalue weighted by Gasteiger charge is 2.44. The number of ketones is 2. The minimum Gasteiger partial charge on any atom is -0.475 e. The lowest BCUT2D eigenvalue weighted by Gasteiger charge is -2.40. The first-order valence-electron chi connectivity index (χ1n) is 12.3. The number of rotatable bonds is 9. The summed E-state index contributed by atoms with van der Waals surface area (Å²) in [7, 11) is 0.0706. The molecule has 2 N–H and O–H groups in total. The van der Waals surface area contributed by atoms with E-state index in [1.807, 2.05) is 32.3 Å². The molecule has 200 valence electrons. The number of benzene rings is 3. The van der Waals surface area contributed by atoms with Gasteiger partial charge in [-0.05, 0) is 55.2 Å². The fraction of sp³-hybridized carbons (Fsp3) is 0.321. The molecule has 0 unspecified atom stereocenters. The average Bonchev–Trinajstić information content (AvgIpc) is 2.89. The van der Waals surface area contributed by atoms with Gasteiger partial charge in [-0.1, -0.05) is 41.9 Å². The third-order valence-corrected chi connectivity index (χ3v) is 9.53. The number of carbonyl (C=O) groups excluding carboxylic acids is 2. The van der Waals surface area contributed by atoms with Crippen molar-refractivity contribution in [3.8, 4) is 0 Å². The Labute approximate surface area is 226 Å². The lowest BCUT2D eigenvalue weighted by atomic mass is 9.70. The van der Waals surface area contributed by atoms with Gasteiger partial charge in [0.1, 0.15) is 11.5 Å². The molecular weight excluding hydrogens is 528 g/mol. The van der Waals surface area contributed by atoms with Crippen LogP contribution in [-0.2, 0) is 30.8 Å². The number of piperidine rings is 1. The zero-order valence-corrected chi connectivity index (χ0v) is 22.8. The topological polar surface area (TPSA) is 113 Å². The van der Waals surface area contributed by atoms with E-state index >= 15 is 0 Å². The fourth-order valence-electron chi connectivity index (χ4n) is 5.19. The summed E-state index contributed by atoms with van der Waals surface area (Å²) in [6.07, 6.45) is -0.140. The number of sulfonamides is 1. The molecule has 3 aromatic rings. The van der Waals surface area contributed by atoms with E-state index in [9.17, 15) is 22.8 Å². The second kappa shape index (κ2) is 10.9. The highest BCUT2D eigenvalue weighted by molar-refractivity contribution is 7.89. The highest BCUT2D eigenvalue weighted by Crippen LogP contribution is 2.40. The van der Waals surface area contributed by atoms with Crippen molar-refractivity contribution in [2.75, 3.05) is 27.2 Å². The van der Waals surface area contributed by atoms with E-state index in [4.69, 9.17) is 16.7 Å². The maximum absolute atomic E-state index is 13.8. The van der Waals surface area contributed by atoms with Gasteiger partial charge in [-0.3, -0.25) is 9.59 Å². The largest absolute Gasteiger partial charge is 0.475 e. The van der Waals surface area contributed by atoms with Crippen molar-refractivity contribution in [2.24, 2.45) is 5.41 Å². The maximum atomic E-state index is 13.8. The molecule has 10 heteroatoms. The quantitative estimate of drug-likeness (QED) is 0.309. The van der Waals surface area contributed by atoms with Gasteiger partial charge in [0.2, 0.25) is 15.8 Å². The Hall–Kier alpha value is -3.11. The minimum absolute atomic E-state index is 0.0674. The molecule has 1 saturated heterocycles. The number of nitrogens with one attached hydrogen (secondary N) is 1. The summed E-state index contributed by atoms with van der Waals surface area (Å²) < 4.78 is 29.0. The zero-order chi connectivity index (χ0) is 27.7. The fourth-order valence-corrected chi connectivity index (χ4v) is 6.97. The Morgan fingerprint density at radius 1 is 0.947 bits per heavy atom. The molecule has 4 rings (SSSR count). The number of carbonyl (C=O) groups is 3. The van der Waals surface area contributed by atoms with Gasteiger partial charge in [0.15, 0.2) is 0 Å². The van der Waals surface area contributed by atoms with Gasteiger partial charge in [-0.15, -0.1) is 0 Å². The summed E-state index contributed by atoms with van der Waals surface area (Å²) in [6.45, 7) is 0.135. The van der Waals surface area contributed by atoms with E-state index in [1.165, 1.54) is 4.31 Å². The van der Waals surface area contributed by atoms with Gasteiger partial charge < -0.3 is 10.0 Å². The van der Waals surface area contributed by atoms with Crippen LogP contribution >= 0.6 is 11.6 Å². The van der Waals surface area contributed by atoms with E-state index < -0.39 is 39.4 Å². The summed E-state index contributed by atoms with van der Waals surface area (Å²) in [6, 6.07) is 17.8. The summed E-state index contributed by atoms with van der Waals surface area (Å²) in [5.41, 5.74) is 0.717. The van der Waals surface area contributed by atoms with Crippen molar-refractivity contribution < 1.29 is 32.8 Å². The van der Waals surface area contributed by atoms with Gasteiger partial charge in [0.05, 0.1) is 25.4 Å². The van der Waals surface area contributed by atoms with Crippen molar-refractivity contribution in [1.82, 2.24) is 4.31 Å². The van der Waals surface area contributed by atoms with Crippen molar-refractivity contribution >= 4 is 55.6 Å². The SMILES string of the molecule is C[NH+](C)c1cccc2c(S(=O)(=O)N3CCC(Cc4ccc(Cl)cc4)(C(=O)CC(=O)C(=O)O)CC3)cccc12. The molecule has 0 bridgehead atoms. The van der Waals surface area contributed by atoms with Crippen LogP contribution in [0, 0.1) is 5.41 Å². The summed E-state index contributed by atoms with van der Waals surface area (Å²) in [5.74, 6) is -3.31. The number of aliphatic carboxylic acids is 1. The van der Waals surface area contributed by atoms with Crippen LogP contribution < -0.4 is 4.90 Å². The van der Waals surface area contributed by atoms with Gasteiger partial charge in [-0.25, -0.2) is 13.2 Å². The standard InChI is InChI=1S/C28H29ClN2O6S/c1-30(2)23-7-3-6-22-21(23)5-4-8-25(22)38(36,37)31-15-13-28(14-16-31,26(33)17-24(32)27(34)35)18-19-9-11-20(29)12-10-19/h3-12H,13-18H2,1-2H3,(H,34,35)/p+1. The Bertz CT molecular complexity index is 1490. The minimum atomic E-state index is -3.89. The molecule has 1 aliphatic heterocycles. The molecule has 0 radical (unpaired) electrons. The van der Waals surface area contributed by atoms with Crippen LogP contribution in [0.4, 0.5) is 5.69 Å². The second-order valence-corrected chi connectivity index (χ2v) is 12.3. The first-order chi connectivity index (χ1) is 17.9. The molecule has 0 aliphatic carbocycles. The number of carboxylic acids is 1. The first kappa shape index (κ1) is 27.9. The predicted octanol–water partition coefficient (Wildman–Crippen LogP) is 2.90. The molecule has 0 atom stereocenters. The molecule has 8 nitrogen and oxygen atoms in total. The average molecular weight is 558 g/mol. The van der Waals surface area contributed by atoms with Crippen LogP contribution in [0.3, 0.4) is 0 Å². The number of hydrogen-bond donors (Lipinski definition) is 2. The van der Waals surface area contributed by atoms with Crippen molar-refractivity contribution in [3.05, 3.63) is 71.2 Å². The Morgan fingerprint density at radius 2 is 1.55 bits per heavy atom. The Morgan fingerprint density at radius 3 is 2.16 bits per heavy atom. The van der Waals surface area contributed by atoms with Crippen LogP contribution in [0.15, 0.2) is 65.6 Å². The number of fused-ring (bicyclic) bond motifs is 1. The molecule has 0 amide bonds. The molecule has 1 aliphatic rings. The predicted molar refractivity (Wildman–Crippen MR) is 144 cm³/mol. The maximum Gasteiger partial charge on any atom is 0.372 e. The van der Waals surface area contributed by atoms with E-state index in [2.05, 4.69) is 0 Å². The zero-order valence-electron chi connectivity index (χ0n) is 21.2. The number of nitrogens with zero attached hydrogens (tertiary/aromatic N) is 1. The number of carboxylic acid groups (broad SMARTS) is 1. The third-order valence-electron chi connectivity index (χ3n) is 7.33. The smallest absolute Gasteiger partial charge is 0.372 e. The van der Waals surface area contributed by atoms with Crippen molar-refractivity contribution in [3.63, 3.8) is 0 Å². The number of Topliss-reactive ketones (excluding diaryl/α,β-unsaturated/α-hetero) is 2. The van der Waals surface area contributed by atoms with Gasteiger partial charge in [0.25, 0.3) is 0 Å². The van der Waals surface area contributed by atoms with Gasteiger partial charge in [0, 0.05) is 34.3 Å². The number of quaternary nitrogens is 1. The first-order valence-corrected chi connectivity index (χ1v) is 14.1. The number of hydrogen-bond acceptors (Lipinski definition) is 5. The normalized spacial score (nSPS) is 16.0. The van der Waals surface area contributed by atoms with Crippen LogP contribution in [0.25, 0.3) is 10.8 Å². The van der Waals surface area contributed by atoms with E-state index in [0.29, 0.717) is 10.4 Å². The van der Waals surface area contributed by atoms with Crippen LogP contribution in [0.5, 0.6) is 0 Å². The molecule has 0 saturated carbocycles.